The monoisotopic (exact) mass is 260 g/mol. The average Bonchev–Trinajstić information content (AvgIpc) is 2.39. The highest BCUT2D eigenvalue weighted by Gasteiger charge is 2.08. The van der Waals surface area contributed by atoms with Crippen LogP contribution in [0.5, 0.6) is 0 Å². The van der Waals surface area contributed by atoms with E-state index in [1.165, 1.54) is 24.4 Å². The third-order valence-corrected chi connectivity index (χ3v) is 2.71. The van der Waals surface area contributed by atoms with Crippen LogP contribution in [0.3, 0.4) is 0 Å². The van der Waals surface area contributed by atoms with E-state index in [-0.39, 0.29) is 11.5 Å². The fourth-order valence-corrected chi connectivity index (χ4v) is 1.77. The van der Waals surface area contributed by atoms with Crippen LogP contribution in [0.25, 0.3) is 0 Å². The van der Waals surface area contributed by atoms with E-state index in [4.69, 9.17) is 5.11 Å². The van der Waals surface area contributed by atoms with Crippen LogP contribution in [0.2, 0.25) is 0 Å². The number of halogens is 1. The Hall–Kier alpha value is -2.43. The molecule has 0 spiro atoms. The Morgan fingerprint density at radius 3 is 2.84 bits per heavy atom. The Morgan fingerprint density at radius 1 is 1.37 bits per heavy atom. The molecule has 0 aliphatic heterocycles. The summed E-state index contributed by atoms with van der Waals surface area (Å²) in [6.45, 7) is 0.487. The van der Waals surface area contributed by atoms with Gasteiger partial charge in [-0.1, -0.05) is 12.1 Å². The Bertz CT molecular complexity index is 602. The van der Waals surface area contributed by atoms with Crippen LogP contribution in [-0.4, -0.2) is 23.1 Å². The predicted octanol–water partition coefficient (Wildman–Crippen LogP) is 2.56. The van der Waals surface area contributed by atoms with Gasteiger partial charge in [0.05, 0.1) is 0 Å². The van der Waals surface area contributed by atoms with Crippen LogP contribution in [0.1, 0.15) is 16.1 Å². The number of carbonyl (C=O) groups is 1. The molecular weight excluding hydrogens is 247 g/mol. The van der Waals surface area contributed by atoms with Crippen molar-refractivity contribution in [1.82, 2.24) is 4.98 Å². The summed E-state index contributed by atoms with van der Waals surface area (Å²) in [5.74, 6) is -1.35. The van der Waals surface area contributed by atoms with E-state index in [2.05, 4.69) is 4.98 Å². The molecule has 1 aromatic heterocycles. The third-order valence-electron chi connectivity index (χ3n) is 2.71. The molecule has 0 radical (unpaired) electrons. The van der Waals surface area contributed by atoms with Gasteiger partial charge in [0.25, 0.3) is 0 Å². The van der Waals surface area contributed by atoms with E-state index in [0.717, 1.165) is 11.3 Å². The highest BCUT2D eigenvalue weighted by Crippen LogP contribution is 2.16. The maximum atomic E-state index is 13.1. The lowest BCUT2D eigenvalue weighted by molar-refractivity contribution is 0.0690. The molecule has 0 amide bonds. The first-order valence-electron chi connectivity index (χ1n) is 5.71. The maximum Gasteiger partial charge on any atom is 0.354 e. The highest BCUT2D eigenvalue weighted by atomic mass is 19.1. The molecule has 98 valence electrons. The second kappa shape index (κ2) is 5.48. The van der Waals surface area contributed by atoms with Crippen LogP contribution >= 0.6 is 0 Å². The lowest BCUT2D eigenvalue weighted by atomic mass is 10.2. The maximum absolute atomic E-state index is 13.1. The molecule has 0 atom stereocenters. The molecule has 2 aromatic rings. The molecule has 1 aromatic carbocycles. The largest absolute Gasteiger partial charge is 0.477 e. The molecular formula is C14H13FN2O2. The van der Waals surface area contributed by atoms with Gasteiger partial charge in [0.2, 0.25) is 0 Å². The van der Waals surface area contributed by atoms with Crippen LogP contribution in [0.4, 0.5) is 10.1 Å². The zero-order chi connectivity index (χ0) is 13.8. The van der Waals surface area contributed by atoms with Crippen molar-refractivity contribution in [2.24, 2.45) is 0 Å². The van der Waals surface area contributed by atoms with Crippen LogP contribution < -0.4 is 4.90 Å². The topological polar surface area (TPSA) is 53.4 Å². The SMILES string of the molecule is CN(Cc1cccc(F)c1)c1ccnc(C(=O)O)c1. The molecule has 0 saturated heterocycles. The normalized spacial score (nSPS) is 10.2. The van der Waals surface area contributed by atoms with Gasteiger partial charge >= 0.3 is 5.97 Å². The summed E-state index contributed by atoms with van der Waals surface area (Å²) in [6.07, 6.45) is 1.45. The van der Waals surface area contributed by atoms with Gasteiger partial charge in [-0.2, -0.15) is 0 Å². The molecule has 5 heteroatoms. The number of benzene rings is 1. The Morgan fingerprint density at radius 2 is 2.16 bits per heavy atom. The standard InChI is InChI=1S/C14H13FN2O2/c1-17(9-10-3-2-4-11(15)7-10)12-5-6-16-13(8-12)14(18)19/h2-8H,9H2,1H3,(H,18,19). The van der Waals surface area contributed by atoms with Crippen molar-refractivity contribution in [3.8, 4) is 0 Å². The van der Waals surface area contributed by atoms with E-state index in [1.807, 2.05) is 18.0 Å². The van der Waals surface area contributed by atoms with Gasteiger partial charge in [0, 0.05) is 25.5 Å². The second-order valence-electron chi connectivity index (χ2n) is 4.19. The van der Waals surface area contributed by atoms with Crippen molar-refractivity contribution in [2.75, 3.05) is 11.9 Å². The minimum absolute atomic E-state index is 0.0106. The summed E-state index contributed by atoms with van der Waals surface area (Å²) in [7, 11) is 1.81. The molecule has 1 N–H and O–H groups in total. The third kappa shape index (κ3) is 3.28. The number of carboxylic acids is 1. The fraction of sp³-hybridized carbons (Fsp3) is 0.143. The number of anilines is 1. The zero-order valence-electron chi connectivity index (χ0n) is 10.4. The van der Waals surface area contributed by atoms with Gasteiger partial charge in [-0.15, -0.1) is 0 Å². The first kappa shape index (κ1) is 13.0. The first-order chi connectivity index (χ1) is 9.06. The minimum atomic E-state index is -1.07. The molecule has 4 nitrogen and oxygen atoms in total. The van der Waals surface area contributed by atoms with Crippen molar-refractivity contribution in [1.29, 1.82) is 0 Å². The molecule has 0 bridgehead atoms. The van der Waals surface area contributed by atoms with Crippen molar-refractivity contribution < 1.29 is 14.3 Å². The highest BCUT2D eigenvalue weighted by molar-refractivity contribution is 5.86. The molecule has 2 rings (SSSR count). The van der Waals surface area contributed by atoms with Crippen LogP contribution in [-0.2, 0) is 6.54 Å². The second-order valence-corrected chi connectivity index (χ2v) is 4.19. The Kier molecular flexibility index (Phi) is 3.75. The molecule has 0 fully saturated rings. The average molecular weight is 260 g/mol. The quantitative estimate of drug-likeness (QED) is 0.917. The smallest absolute Gasteiger partial charge is 0.354 e. The fourth-order valence-electron chi connectivity index (χ4n) is 1.77. The van der Waals surface area contributed by atoms with Crippen molar-refractivity contribution in [3.63, 3.8) is 0 Å². The summed E-state index contributed by atoms with van der Waals surface area (Å²) in [6, 6.07) is 9.51. The van der Waals surface area contributed by atoms with Gasteiger partial charge < -0.3 is 10.0 Å². The molecule has 0 aliphatic carbocycles. The van der Waals surface area contributed by atoms with Crippen molar-refractivity contribution >= 4 is 11.7 Å². The Balaban J connectivity index is 2.18. The summed E-state index contributed by atoms with van der Waals surface area (Å²) in [5.41, 5.74) is 1.52. The number of hydrogen-bond donors (Lipinski definition) is 1. The van der Waals surface area contributed by atoms with E-state index in [9.17, 15) is 9.18 Å². The number of hydrogen-bond acceptors (Lipinski definition) is 3. The molecule has 0 saturated carbocycles. The van der Waals surface area contributed by atoms with Crippen molar-refractivity contribution in [3.05, 3.63) is 59.7 Å². The summed E-state index contributed by atoms with van der Waals surface area (Å²) >= 11 is 0. The van der Waals surface area contributed by atoms with Gasteiger partial charge in [-0.05, 0) is 29.8 Å². The van der Waals surface area contributed by atoms with Gasteiger partial charge in [0.15, 0.2) is 0 Å². The number of rotatable bonds is 4. The first-order valence-corrected chi connectivity index (χ1v) is 5.71. The van der Waals surface area contributed by atoms with E-state index in [0.29, 0.717) is 6.54 Å². The van der Waals surface area contributed by atoms with Gasteiger partial charge in [0.1, 0.15) is 11.5 Å². The zero-order valence-corrected chi connectivity index (χ0v) is 10.4. The number of aromatic carboxylic acids is 1. The van der Waals surface area contributed by atoms with E-state index < -0.39 is 5.97 Å². The van der Waals surface area contributed by atoms with Crippen LogP contribution in [0, 0.1) is 5.82 Å². The van der Waals surface area contributed by atoms with Gasteiger partial charge in [-0.25, -0.2) is 14.2 Å². The lowest BCUT2D eigenvalue weighted by Crippen LogP contribution is -2.17. The number of aromatic nitrogens is 1. The number of pyridine rings is 1. The summed E-state index contributed by atoms with van der Waals surface area (Å²) in [4.78, 5) is 16.4. The molecule has 0 unspecified atom stereocenters. The molecule has 1 heterocycles. The number of carboxylic acid groups (broad SMARTS) is 1. The van der Waals surface area contributed by atoms with Crippen LogP contribution in [0.15, 0.2) is 42.6 Å². The molecule has 19 heavy (non-hydrogen) atoms. The predicted molar refractivity (Wildman–Crippen MR) is 69.7 cm³/mol. The van der Waals surface area contributed by atoms with Gasteiger partial charge in [-0.3, -0.25) is 0 Å². The summed E-state index contributed by atoms with van der Waals surface area (Å²) in [5, 5.41) is 8.89. The van der Waals surface area contributed by atoms with E-state index >= 15 is 0 Å². The summed E-state index contributed by atoms with van der Waals surface area (Å²) < 4.78 is 13.1. The Labute approximate surface area is 110 Å². The number of nitrogens with zero attached hydrogens (tertiary/aromatic N) is 2. The van der Waals surface area contributed by atoms with E-state index in [1.54, 1.807) is 12.1 Å². The molecule has 0 aliphatic rings. The lowest BCUT2D eigenvalue weighted by Gasteiger charge is -2.19. The minimum Gasteiger partial charge on any atom is -0.477 e. The van der Waals surface area contributed by atoms with Crippen molar-refractivity contribution in [2.45, 2.75) is 6.54 Å².